The van der Waals surface area contributed by atoms with Crippen LogP contribution in [0.2, 0.25) is 0 Å². The van der Waals surface area contributed by atoms with Crippen LogP contribution < -0.4 is 0 Å². The second-order valence-electron chi connectivity index (χ2n) is 5.14. The van der Waals surface area contributed by atoms with Crippen molar-refractivity contribution in [1.82, 2.24) is 0 Å². The smallest absolute Gasteiger partial charge is 0.335 e. The quantitative estimate of drug-likeness (QED) is 0.745. The van der Waals surface area contributed by atoms with Crippen molar-refractivity contribution >= 4 is 11.9 Å². The summed E-state index contributed by atoms with van der Waals surface area (Å²) < 4.78 is 20.6. The molecular weight excluding hydrogens is 312 g/mol. The Balaban J connectivity index is 2.21. The van der Waals surface area contributed by atoms with E-state index in [0.717, 1.165) is 5.56 Å². The van der Waals surface area contributed by atoms with Gasteiger partial charge in [0.25, 0.3) is 0 Å². The van der Waals surface area contributed by atoms with Gasteiger partial charge in [-0.25, -0.2) is 4.79 Å². The van der Waals surface area contributed by atoms with E-state index in [1.807, 2.05) is 30.3 Å². The van der Waals surface area contributed by atoms with Crippen molar-refractivity contribution in [3.63, 3.8) is 0 Å². The summed E-state index contributed by atoms with van der Waals surface area (Å²) in [7, 11) is 4.22. The summed E-state index contributed by atoms with van der Waals surface area (Å²) in [6.07, 6.45) is 1.65. The maximum atomic E-state index is 12.4. The molecule has 0 radical (unpaired) electrons. The summed E-state index contributed by atoms with van der Waals surface area (Å²) in [6.45, 7) is 0.119. The molecule has 0 fully saturated rings. The van der Waals surface area contributed by atoms with Gasteiger partial charge in [-0.15, -0.1) is 0 Å². The van der Waals surface area contributed by atoms with Gasteiger partial charge in [-0.05, 0) is 11.6 Å². The highest BCUT2D eigenvalue weighted by molar-refractivity contribution is 5.96. The normalized spacial score (nSPS) is 17.0. The van der Waals surface area contributed by atoms with Crippen LogP contribution in [0.15, 0.2) is 53.5 Å². The molecule has 1 aliphatic carbocycles. The number of methoxy groups -OCH3 is 3. The highest BCUT2D eigenvalue weighted by Crippen LogP contribution is 2.32. The van der Waals surface area contributed by atoms with E-state index in [-0.39, 0.29) is 18.6 Å². The fraction of sp³-hybridized carbons (Fsp3) is 0.333. The Morgan fingerprint density at radius 3 is 2.38 bits per heavy atom. The third-order valence-corrected chi connectivity index (χ3v) is 3.73. The molecule has 1 aliphatic rings. The van der Waals surface area contributed by atoms with E-state index in [0.29, 0.717) is 11.5 Å². The second-order valence-corrected chi connectivity index (χ2v) is 5.14. The predicted molar refractivity (Wildman–Crippen MR) is 85.5 cm³/mol. The lowest BCUT2D eigenvalue weighted by Gasteiger charge is -2.24. The monoisotopic (exact) mass is 332 g/mol. The number of allylic oxidation sites excluding steroid dienone is 2. The fourth-order valence-corrected chi connectivity index (χ4v) is 2.44. The minimum atomic E-state index is -0.785. The number of benzene rings is 1. The Kier molecular flexibility index (Phi) is 6.01. The van der Waals surface area contributed by atoms with Crippen molar-refractivity contribution in [2.24, 2.45) is 5.92 Å². The van der Waals surface area contributed by atoms with E-state index in [1.54, 1.807) is 0 Å². The van der Waals surface area contributed by atoms with Crippen molar-refractivity contribution in [2.75, 3.05) is 21.3 Å². The van der Waals surface area contributed by atoms with E-state index in [2.05, 4.69) is 0 Å². The van der Waals surface area contributed by atoms with Crippen molar-refractivity contribution in [2.45, 2.75) is 13.0 Å². The van der Waals surface area contributed by atoms with Gasteiger partial charge in [-0.2, -0.15) is 0 Å². The van der Waals surface area contributed by atoms with Crippen LogP contribution in [0.3, 0.4) is 0 Å². The SMILES string of the molecule is COC(=O)[C@@H]1CC(OC)=C(OC)C=C1C(=O)OCc1ccccc1. The van der Waals surface area contributed by atoms with Gasteiger partial charge in [-0.1, -0.05) is 30.3 Å². The van der Waals surface area contributed by atoms with Gasteiger partial charge in [0, 0.05) is 6.42 Å². The molecule has 6 nitrogen and oxygen atoms in total. The van der Waals surface area contributed by atoms with E-state index in [1.165, 1.54) is 27.4 Å². The second kappa shape index (κ2) is 8.19. The summed E-state index contributed by atoms with van der Waals surface area (Å²) in [5.74, 6) is -1.02. The minimum absolute atomic E-state index is 0.119. The average Bonchev–Trinajstić information content (AvgIpc) is 2.65. The van der Waals surface area contributed by atoms with Gasteiger partial charge >= 0.3 is 11.9 Å². The van der Waals surface area contributed by atoms with Crippen LogP contribution in [0.5, 0.6) is 0 Å². The van der Waals surface area contributed by atoms with Gasteiger partial charge in [0.15, 0.2) is 5.76 Å². The Morgan fingerprint density at radius 2 is 1.79 bits per heavy atom. The van der Waals surface area contributed by atoms with Crippen LogP contribution in [0.25, 0.3) is 0 Å². The molecule has 0 aliphatic heterocycles. The number of carbonyl (C=O) groups excluding carboxylic acids is 2. The first-order chi connectivity index (χ1) is 11.6. The highest BCUT2D eigenvalue weighted by Gasteiger charge is 2.35. The molecule has 0 saturated heterocycles. The zero-order valence-electron chi connectivity index (χ0n) is 13.9. The van der Waals surface area contributed by atoms with Crippen molar-refractivity contribution in [3.8, 4) is 0 Å². The lowest BCUT2D eigenvalue weighted by atomic mass is 9.89. The Labute approximate surface area is 140 Å². The van der Waals surface area contributed by atoms with Crippen LogP contribution in [0.4, 0.5) is 0 Å². The summed E-state index contributed by atoms with van der Waals surface area (Å²) in [5.41, 5.74) is 1.05. The van der Waals surface area contributed by atoms with Crippen molar-refractivity contribution in [3.05, 3.63) is 59.1 Å². The van der Waals surface area contributed by atoms with Crippen molar-refractivity contribution < 1.29 is 28.5 Å². The first-order valence-electron chi connectivity index (χ1n) is 7.42. The molecule has 1 atom stereocenters. The molecule has 2 rings (SSSR count). The maximum absolute atomic E-state index is 12.4. The van der Waals surface area contributed by atoms with Crippen LogP contribution in [0.1, 0.15) is 12.0 Å². The topological polar surface area (TPSA) is 71.1 Å². The number of ether oxygens (including phenoxy) is 4. The standard InChI is InChI=1S/C18H20O6/c1-21-15-9-13(17(19)23-3)14(10-16(15)22-2)18(20)24-11-12-7-5-4-6-8-12/h4-8,10,13H,9,11H2,1-3H3/t13-/m1/s1. The molecule has 0 N–H and O–H groups in total. The zero-order chi connectivity index (χ0) is 17.5. The molecule has 0 saturated carbocycles. The molecule has 1 aromatic rings. The van der Waals surface area contributed by atoms with Crippen LogP contribution in [-0.4, -0.2) is 33.3 Å². The third-order valence-electron chi connectivity index (χ3n) is 3.73. The molecule has 0 amide bonds. The molecule has 1 aromatic carbocycles. The first-order valence-corrected chi connectivity index (χ1v) is 7.42. The Hall–Kier alpha value is -2.76. The molecule has 24 heavy (non-hydrogen) atoms. The molecule has 0 bridgehead atoms. The lowest BCUT2D eigenvalue weighted by molar-refractivity contribution is -0.149. The minimum Gasteiger partial charge on any atom is -0.497 e. The van der Waals surface area contributed by atoms with Gasteiger partial charge in [-0.3, -0.25) is 4.79 Å². The van der Waals surface area contributed by atoms with Crippen LogP contribution in [-0.2, 0) is 35.1 Å². The predicted octanol–water partition coefficient (Wildman–Crippen LogP) is 2.35. The Bertz CT molecular complexity index is 659. The average molecular weight is 332 g/mol. The third kappa shape index (κ3) is 3.95. The summed E-state index contributed by atoms with van der Waals surface area (Å²) in [5, 5.41) is 0. The van der Waals surface area contributed by atoms with Gasteiger partial charge in [0.1, 0.15) is 12.4 Å². The maximum Gasteiger partial charge on any atom is 0.335 e. The number of hydrogen-bond donors (Lipinski definition) is 0. The largest absolute Gasteiger partial charge is 0.497 e. The molecule has 0 aromatic heterocycles. The van der Waals surface area contributed by atoms with Gasteiger partial charge < -0.3 is 18.9 Å². The van der Waals surface area contributed by atoms with E-state index in [9.17, 15) is 9.59 Å². The summed E-state index contributed by atoms with van der Waals surface area (Å²) in [6, 6.07) is 9.30. The van der Waals surface area contributed by atoms with Crippen LogP contribution >= 0.6 is 0 Å². The van der Waals surface area contributed by atoms with E-state index in [4.69, 9.17) is 18.9 Å². The van der Waals surface area contributed by atoms with Crippen molar-refractivity contribution in [1.29, 1.82) is 0 Å². The van der Waals surface area contributed by atoms with E-state index >= 15 is 0 Å². The molecule has 6 heteroatoms. The van der Waals surface area contributed by atoms with Gasteiger partial charge in [0.2, 0.25) is 0 Å². The zero-order valence-corrected chi connectivity index (χ0v) is 13.9. The molecule has 128 valence electrons. The Morgan fingerprint density at radius 1 is 1.08 bits per heavy atom. The number of carbonyl (C=O) groups is 2. The lowest BCUT2D eigenvalue weighted by Crippen LogP contribution is -2.28. The first kappa shape index (κ1) is 17.6. The number of hydrogen-bond acceptors (Lipinski definition) is 6. The van der Waals surface area contributed by atoms with Crippen LogP contribution in [0, 0.1) is 5.92 Å². The molecule has 0 spiro atoms. The molecule has 0 heterocycles. The van der Waals surface area contributed by atoms with Gasteiger partial charge in [0.05, 0.1) is 32.8 Å². The summed E-state index contributed by atoms with van der Waals surface area (Å²) >= 11 is 0. The van der Waals surface area contributed by atoms with E-state index < -0.39 is 17.9 Å². The molecule has 0 unspecified atom stereocenters. The molecular formula is C18H20O6. The highest BCUT2D eigenvalue weighted by atomic mass is 16.5. The summed E-state index contributed by atoms with van der Waals surface area (Å²) in [4.78, 5) is 24.5. The fourth-order valence-electron chi connectivity index (χ4n) is 2.44. The number of esters is 2. The number of rotatable bonds is 6.